The average Bonchev–Trinajstić information content (AvgIpc) is 2.40. The third kappa shape index (κ3) is 2.30. The van der Waals surface area contributed by atoms with Crippen LogP contribution in [-0.4, -0.2) is 9.97 Å². The van der Waals surface area contributed by atoms with Crippen molar-refractivity contribution in [3.05, 3.63) is 53.9 Å². The van der Waals surface area contributed by atoms with Gasteiger partial charge in [-0.15, -0.1) is 0 Å². The van der Waals surface area contributed by atoms with Gasteiger partial charge in [0, 0.05) is 23.8 Å². The second kappa shape index (κ2) is 4.74. The van der Waals surface area contributed by atoms with Crippen LogP contribution in [0.2, 0.25) is 5.02 Å². The minimum Gasteiger partial charge on any atom is -0.455 e. The van der Waals surface area contributed by atoms with E-state index in [9.17, 15) is 0 Å². The number of anilines is 1. The van der Waals surface area contributed by atoms with Crippen molar-refractivity contribution < 1.29 is 4.74 Å². The van der Waals surface area contributed by atoms with Gasteiger partial charge in [0.25, 0.3) is 0 Å². The Kier molecular flexibility index (Phi) is 2.93. The summed E-state index contributed by atoms with van der Waals surface area (Å²) in [5, 5.41) is 1.37. The van der Waals surface area contributed by atoms with Gasteiger partial charge in [0.2, 0.25) is 0 Å². The lowest BCUT2D eigenvalue weighted by molar-refractivity contribution is 0.485. The molecule has 0 fully saturated rings. The number of nitrogens with zero attached hydrogens (tertiary/aromatic N) is 2. The van der Waals surface area contributed by atoms with Gasteiger partial charge in [0.15, 0.2) is 0 Å². The Morgan fingerprint density at radius 2 is 2.05 bits per heavy atom. The summed E-state index contributed by atoms with van der Waals surface area (Å²) in [6.07, 6.45) is 4.81. The van der Waals surface area contributed by atoms with E-state index in [1.807, 2.05) is 12.1 Å². The second-order valence-electron chi connectivity index (χ2n) is 3.99. The number of nitrogen functional groups attached to an aromatic ring is 1. The second-order valence-corrected chi connectivity index (χ2v) is 4.43. The van der Waals surface area contributed by atoms with Crippen molar-refractivity contribution in [2.24, 2.45) is 0 Å². The van der Waals surface area contributed by atoms with E-state index in [2.05, 4.69) is 9.97 Å². The van der Waals surface area contributed by atoms with Crippen molar-refractivity contribution in [3.63, 3.8) is 0 Å². The molecular formula is C14H10ClN3O. The summed E-state index contributed by atoms with van der Waals surface area (Å²) in [5.41, 5.74) is 7.23. The van der Waals surface area contributed by atoms with Gasteiger partial charge in [-0.3, -0.25) is 9.97 Å². The fourth-order valence-electron chi connectivity index (χ4n) is 1.84. The van der Waals surface area contributed by atoms with Gasteiger partial charge >= 0.3 is 0 Å². The van der Waals surface area contributed by atoms with Gasteiger partial charge in [0.05, 0.1) is 22.4 Å². The van der Waals surface area contributed by atoms with Gasteiger partial charge in [-0.05, 0) is 18.2 Å². The summed E-state index contributed by atoms with van der Waals surface area (Å²) < 4.78 is 5.78. The molecule has 3 aromatic rings. The highest BCUT2D eigenvalue weighted by Gasteiger charge is 2.06. The molecule has 3 rings (SSSR count). The number of hydrogen-bond donors (Lipinski definition) is 1. The third-order valence-corrected chi connectivity index (χ3v) is 2.88. The highest BCUT2D eigenvalue weighted by atomic mass is 35.5. The number of pyridine rings is 2. The summed E-state index contributed by atoms with van der Waals surface area (Å²) in [4.78, 5) is 8.23. The predicted octanol–water partition coefficient (Wildman–Crippen LogP) is 3.66. The van der Waals surface area contributed by atoms with E-state index in [1.165, 1.54) is 0 Å². The first-order valence-corrected chi connectivity index (χ1v) is 6.03. The van der Waals surface area contributed by atoms with E-state index in [1.54, 1.807) is 36.8 Å². The maximum Gasteiger partial charge on any atom is 0.147 e. The van der Waals surface area contributed by atoms with Crippen LogP contribution in [0.15, 0.2) is 48.9 Å². The van der Waals surface area contributed by atoms with Gasteiger partial charge < -0.3 is 10.5 Å². The molecule has 0 saturated heterocycles. The molecule has 0 amide bonds. The van der Waals surface area contributed by atoms with Crippen molar-refractivity contribution in [2.75, 3.05) is 5.73 Å². The Labute approximate surface area is 114 Å². The van der Waals surface area contributed by atoms with Crippen LogP contribution >= 0.6 is 11.6 Å². The maximum atomic E-state index is 5.89. The number of hydrogen-bond acceptors (Lipinski definition) is 4. The first kappa shape index (κ1) is 11.7. The largest absolute Gasteiger partial charge is 0.455 e. The number of rotatable bonds is 2. The molecule has 19 heavy (non-hydrogen) atoms. The fourth-order valence-corrected chi connectivity index (χ4v) is 2.00. The summed E-state index contributed by atoms with van der Waals surface area (Å²) in [6, 6.07) is 9.06. The minimum atomic E-state index is 0.523. The normalized spacial score (nSPS) is 10.6. The Morgan fingerprint density at radius 1 is 1.16 bits per heavy atom. The third-order valence-electron chi connectivity index (χ3n) is 2.67. The van der Waals surface area contributed by atoms with E-state index in [-0.39, 0.29) is 0 Å². The van der Waals surface area contributed by atoms with E-state index in [4.69, 9.17) is 22.1 Å². The lowest BCUT2D eigenvalue weighted by Gasteiger charge is -2.09. The zero-order valence-corrected chi connectivity index (χ0v) is 10.6. The van der Waals surface area contributed by atoms with E-state index >= 15 is 0 Å². The maximum absolute atomic E-state index is 5.89. The Morgan fingerprint density at radius 3 is 2.89 bits per heavy atom. The molecule has 2 N–H and O–H groups in total. The number of aromatic nitrogens is 2. The molecule has 0 spiro atoms. The Balaban J connectivity index is 2.08. The smallest absolute Gasteiger partial charge is 0.147 e. The Bertz CT molecular complexity index is 746. The van der Waals surface area contributed by atoms with Crippen molar-refractivity contribution in [3.8, 4) is 11.5 Å². The molecular weight excluding hydrogens is 262 g/mol. The van der Waals surface area contributed by atoms with Gasteiger partial charge in [-0.25, -0.2) is 0 Å². The van der Waals surface area contributed by atoms with Crippen molar-refractivity contribution in [1.29, 1.82) is 0 Å². The number of nitrogens with two attached hydrogens (primary N) is 1. The highest BCUT2D eigenvalue weighted by Crippen LogP contribution is 2.31. The summed E-state index contributed by atoms with van der Waals surface area (Å²) >= 11 is 5.88. The molecule has 0 unspecified atom stereocenters. The topological polar surface area (TPSA) is 61.0 Å². The van der Waals surface area contributed by atoms with Crippen LogP contribution in [0.3, 0.4) is 0 Å². The number of fused-ring (bicyclic) bond motifs is 1. The standard InChI is InChI=1S/C14H10ClN3O/c15-9-6-10(8-17-7-9)19-13-4-5-18-14-11(13)2-1-3-12(14)16/h1-8H,16H2. The van der Waals surface area contributed by atoms with Gasteiger partial charge in [-0.1, -0.05) is 17.7 Å². The number of para-hydroxylation sites is 1. The summed E-state index contributed by atoms with van der Waals surface area (Å²) in [5.74, 6) is 1.24. The van der Waals surface area contributed by atoms with Crippen molar-refractivity contribution >= 4 is 28.2 Å². The monoisotopic (exact) mass is 271 g/mol. The molecule has 2 heterocycles. The van der Waals surface area contributed by atoms with Crippen LogP contribution in [-0.2, 0) is 0 Å². The average molecular weight is 272 g/mol. The molecule has 0 atom stereocenters. The molecule has 0 aliphatic rings. The van der Waals surface area contributed by atoms with Crippen LogP contribution in [0.25, 0.3) is 10.9 Å². The zero-order chi connectivity index (χ0) is 13.2. The van der Waals surface area contributed by atoms with E-state index < -0.39 is 0 Å². The molecule has 0 aliphatic heterocycles. The molecule has 0 saturated carbocycles. The molecule has 1 aromatic carbocycles. The lowest BCUT2D eigenvalue weighted by Crippen LogP contribution is -1.92. The highest BCUT2D eigenvalue weighted by molar-refractivity contribution is 6.30. The lowest BCUT2D eigenvalue weighted by atomic mass is 10.2. The van der Waals surface area contributed by atoms with Crippen LogP contribution in [0.1, 0.15) is 0 Å². The quantitative estimate of drug-likeness (QED) is 0.723. The van der Waals surface area contributed by atoms with E-state index in [0.717, 1.165) is 10.9 Å². The molecule has 4 nitrogen and oxygen atoms in total. The number of ether oxygens (including phenoxy) is 1. The summed E-state index contributed by atoms with van der Waals surface area (Å²) in [6.45, 7) is 0. The van der Waals surface area contributed by atoms with Crippen LogP contribution in [0, 0.1) is 0 Å². The van der Waals surface area contributed by atoms with Gasteiger partial charge in [-0.2, -0.15) is 0 Å². The molecule has 0 radical (unpaired) electrons. The Hall–Kier alpha value is -2.33. The first-order valence-electron chi connectivity index (χ1n) is 5.65. The van der Waals surface area contributed by atoms with E-state index in [0.29, 0.717) is 22.2 Å². The van der Waals surface area contributed by atoms with Crippen LogP contribution in [0.5, 0.6) is 11.5 Å². The molecule has 2 aromatic heterocycles. The number of benzene rings is 1. The van der Waals surface area contributed by atoms with Crippen molar-refractivity contribution in [1.82, 2.24) is 9.97 Å². The van der Waals surface area contributed by atoms with Crippen LogP contribution < -0.4 is 10.5 Å². The fraction of sp³-hybridized carbons (Fsp3) is 0. The van der Waals surface area contributed by atoms with Crippen LogP contribution in [0.4, 0.5) is 5.69 Å². The molecule has 0 aliphatic carbocycles. The minimum absolute atomic E-state index is 0.523. The molecule has 0 bridgehead atoms. The SMILES string of the molecule is Nc1cccc2c(Oc3cncc(Cl)c3)ccnc12. The molecule has 94 valence electrons. The van der Waals surface area contributed by atoms with Crippen molar-refractivity contribution in [2.45, 2.75) is 0 Å². The van der Waals surface area contributed by atoms with Gasteiger partial charge in [0.1, 0.15) is 11.5 Å². The molecule has 5 heteroatoms. The predicted molar refractivity (Wildman–Crippen MR) is 75.5 cm³/mol. The summed E-state index contributed by atoms with van der Waals surface area (Å²) in [7, 11) is 0. The zero-order valence-electron chi connectivity index (χ0n) is 9.88. The number of halogens is 1. The first-order chi connectivity index (χ1) is 9.24.